The van der Waals surface area contributed by atoms with Crippen LogP contribution in [0, 0.1) is 0 Å². The molecule has 0 aromatic heterocycles. The highest BCUT2D eigenvalue weighted by Gasteiger charge is 2.29. The Morgan fingerprint density at radius 2 is 1.69 bits per heavy atom. The first-order valence-electron chi connectivity index (χ1n) is 4.84. The fraction of sp³-hybridized carbons (Fsp3) is 0.889. The minimum absolute atomic E-state index is 0.731. The van der Waals surface area contributed by atoms with E-state index in [2.05, 4.69) is 5.32 Å². The zero-order chi connectivity index (χ0) is 9.84. The molecule has 1 unspecified atom stereocenters. The lowest BCUT2D eigenvalue weighted by atomic mass is 10.0. The van der Waals surface area contributed by atoms with Crippen molar-refractivity contribution in [3.05, 3.63) is 0 Å². The number of hydrogen-bond acceptors (Lipinski definition) is 3. The summed E-state index contributed by atoms with van der Waals surface area (Å²) in [5.41, 5.74) is 4.84. The number of carbonyl (C=O) groups is 1. The molecule has 1 atom stereocenters. The molecule has 0 aliphatic carbocycles. The molecule has 4 N–H and O–H groups in total. The van der Waals surface area contributed by atoms with Crippen LogP contribution in [-0.2, 0) is 4.79 Å². The first kappa shape index (κ1) is 10.5. The number of aliphatic carboxylic acids is 1. The average molecular weight is 186 g/mol. The van der Waals surface area contributed by atoms with Crippen LogP contribution in [0.2, 0.25) is 0 Å². The summed E-state index contributed by atoms with van der Waals surface area (Å²) in [5.74, 6) is -0.963. The normalized spacial score (nSPS) is 32.2. The number of fused-ring (bicyclic) bond motifs is 2. The second-order valence-corrected chi connectivity index (χ2v) is 3.84. The van der Waals surface area contributed by atoms with Gasteiger partial charge < -0.3 is 16.2 Å². The van der Waals surface area contributed by atoms with Gasteiger partial charge in [0.05, 0.1) is 0 Å². The molecule has 2 fully saturated rings. The summed E-state index contributed by atoms with van der Waals surface area (Å²) >= 11 is 0. The molecule has 0 amide bonds. The molecule has 4 nitrogen and oxygen atoms in total. The van der Waals surface area contributed by atoms with Gasteiger partial charge in [0.1, 0.15) is 6.04 Å². The summed E-state index contributed by atoms with van der Waals surface area (Å²) < 4.78 is 0. The minimum atomic E-state index is -0.963. The SMILES string of the molecule is C1CC2CCC1N2.CC(N)C(=O)O. The fourth-order valence-electron chi connectivity index (χ4n) is 1.76. The van der Waals surface area contributed by atoms with Crippen LogP contribution in [0.3, 0.4) is 0 Å². The lowest BCUT2D eigenvalue weighted by molar-refractivity contribution is -0.138. The molecule has 2 saturated heterocycles. The molecule has 2 heterocycles. The highest BCUT2D eigenvalue weighted by atomic mass is 16.4. The maximum absolute atomic E-state index is 9.57. The number of hydrogen-bond donors (Lipinski definition) is 3. The van der Waals surface area contributed by atoms with Crippen molar-refractivity contribution >= 4 is 5.97 Å². The van der Waals surface area contributed by atoms with Gasteiger partial charge in [0.15, 0.2) is 0 Å². The van der Waals surface area contributed by atoms with Crippen molar-refractivity contribution in [1.29, 1.82) is 0 Å². The zero-order valence-electron chi connectivity index (χ0n) is 7.99. The molecule has 13 heavy (non-hydrogen) atoms. The first-order chi connectivity index (χ1) is 6.09. The van der Waals surface area contributed by atoms with E-state index in [1.165, 1.54) is 32.6 Å². The Morgan fingerprint density at radius 1 is 1.38 bits per heavy atom. The summed E-state index contributed by atoms with van der Waals surface area (Å²) in [4.78, 5) is 9.57. The molecule has 2 aliphatic heterocycles. The lowest BCUT2D eigenvalue weighted by Crippen LogP contribution is -2.25. The zero-order valence-corrected chi connectivity index (χ0v) is 7.99. The second-order valence-electron chi connectivity index (χ2n) is 3.84. The van der Waals surface area contributed by atoms with Crippen molar-refractivity contribution in [3.63, 3.8) is 0 Å². The van der Waals surface area contributed by atoms with Gasteiger partial charge in [0, 0.05) is 12.1 Å². The summed E-state index contributed by atoms with van der Waals surface area (Å²) in [6.07, 6.45) is 5.80. The van der Waals surface area contributed by atoms with Gasteiger partial charge in [0.25, 0.3) is 0 Å². The van der Waals surface area contributed by atoms with E-state index in [0.717, 1.165) is 12.1 Å². The van der Waals surface area contributed by atoms with Gasteiger partial charge in [-0.3, -0.25) is 4.79 Å². The number of nitrogens with two attached hydrogens (primary N) is 1. The lowest BCUT2D eigenvalue weighted by Gasteiger charge is -2.02. The van der Waals surface area contributed by atoms with Crippen LogP contribution in [0.5, 0.6) is 0 Å². The van der Waals surface area contributed by atoms with Gasteiger partial charge in [-0.2, -0.15) is 0 Å². The second kappa shape index (κ2) is 4.58. The Morgan fingerprint density at radius 3 is 1.77 bits per heavy atom. The van der Waals surface area contributed by atoms with Crippen molar-refractivity contribution in [1.82, 2.24) is 5.32 Å². The summed E-state index contributed by atoms with van der Waals surface area (Å²) in [5, 5.41) is 11.4. The van der Waals surface area contributed by atoms with Gasteiger partial charge >= 0.3 is 5.97 Å². The Labute approximate surface area is 78.5 Å². The van der Waals surface area contributed by atoms with E-state index in [4.69, 9.17) is 10.8 Å². The predicted molar refractivity (Wildman–Crippen MR) is 50.5 cm³/mol. The van der Waals surface area contributed by atoms with E-state index >= 15 is 0 Å². The van der Waals surface area contributed by atoms with E-state index in [1.54, 1.807) is 0 Å². The van der Waals surface area contributed by atoms with Crippen molar-refractivity contribution in [2.75, 3.05) is 0 Å². The fourth-order valence-corrected chi connectivity index (χ4v) is 1.76. The molecule has 2 bridgehead atoms. The van der Waals surface area contributed by atoms with Crippen molar-refractivity contribution in [2.45, 2.75) is 50.7 Å². The van der Waals surface area contributed by atoms with E-state index in [0.29, 0.717) is 0 Å². The molecule has 0 radical (unpaired) electrons. The van der Waals surface area contributed by atoms with Crippen LogP contribution in [0.25, 0.3) is 0 Å². The Bertz CT molecular complexity index is 164. The third-order valence-electron chi connectivity index (χ3n) is 2.59. The van der Waals surface area contributed by atoms with Gasteiger partial charge in [-0.05, 0) is 32.6 Å². The van der Waals surface area contributed by atoms with E-state index in [9.17, 15) is 4.79 Å². The molecule has 0 saturated carbocycles. The summed E-state index contributed by atoms with van der Waals surface area (Å²) in [6.45, 7) is 1.42. The predicted octanol–water partition coefficient (Wildman–Crippen LogP) is 0.319. The van der Waals surface area contributed by atoms with Crippen molar-refractivity contribution < 1.29 is 9.90 Å². The Balaban J connectivity index is 0.000000133. The monoisotopic (exact) mass is 186 g/mol. The highest BCUT2D eigenvalue weighted by molar-refractivity contribution is 5.72. The molecular formula is C9H18N2O2. The summed E-state index contributed by atoms with van der Waals surface area (Å²) in [7, 11) is 0. The third-order valence-corrected chi connectivity index (χ3v) is 2.59. The number of carboxylic acid groups (broad SMARTS) is 1. The minimum Gasteiger partial charge on any atom is -0.480 e. The molecule has 2 aliphatic rings. The quantitative estimate of drug-likeness (QED) is 0.551. The molecule has 0 aromatic carbocycles. The van der Waals surface area contributed by atoms with E-state index < -0.39 is 12.0 Å². The maximum atomic E-state index is 9.57. The summed E-state index contributed by atoms with van der Waals surface area (Å²) in [6, 6.07) is 1.11. The third kappa shape index (κ3) is 3.32. The van der Waals surface area contributed by atoms with Crippen molar-refractivity contribution in [2.24, 2.45) is 5.73 Å². The van der Waals surface area contributed by atoms with Gasteiger partial charge in [-0.25, -0.2) is 0 Å². The highest BCUT2D eigenvalue weighted by Crippen LogP contribution is 2.26. The molecule has 4 heteroatoms. The topological polar surface area (TPSA) is 75.3 Å². The van der Waals surface area contributed by atoms with Crippen LogP contribution in [-0.4, -0.2) is 29.2 Å². The van der Waals surface area contributed by atoms with Crippen molar-refractivity contribution in [3.8, 4) is 0 Å². The standard InChI is InChI=1S/C6H11N.C3H7NO2/c1-2-6-4-3-5(1)7-6;1-2(4)3(5)6/h5-7H,1-4H2;2H,4H2,1H3,(H,5,6). The van der Waals surface area contributed by atoms with Crippen LogP contribution < -0.4 is 11.1 Å². The Hall–Kier alpha value is -0.610. The van der Waals surface area contributed by atoms with Crippen LogP contribution >= 0.6 is 0 Å². The Kier molecular flexibility index (Phi) is 3.69. The van der Waals surface area contributed by atoms with Crippen LogP contribution in [0.4, 0.5) is 0 Å². The molecule has 0 spiro atoms. The number of rotatable bonds is 1. The van der Waals surface area contributed by atoms with E-state index in [1.807, 2.05) is 0 Å². The molecular weight excluding hydrogens is 168 g/mol. The molecule has 2 rings (SSSR count). The van der Waals surface area contributed by atoms with Gasteiger partial charge in [0.2, 0.25) is 0 Å². The smallest absolute Gasteiger partial charge is 0.320 e. The largest absolute Gasteiger partial charge is 0.480 e. The molecule has 76 valence electrons. The van der Waals surface area contributed by atoms with Crippen LogP contribution in [0.1, 0.15) is 32.6 Å². The van der Waals surface area contributed by atoms with Gasteiger partial charge in [-0.1, -0.05) is 0 Å². The molecule has 0 aromatic rings. The number of carboxylic acids is 1. The van der Waals surface area contributed by atoms with E-state index in [-0.39, 0.29) is 0 Å². The average Bonchev–Trinajstić information content (AvgIpc) is 2.67. The van der Waals surface area contributed by atoms with Crippen LogP contribution in [0.15, 0.2) is 0 Å². The first-order valence-corrected chi connectivity index (χ1v) is 4.84. The number of nitrogens with one attached hydrogen (secondary N) is 1. The maximum Gasteiger partial charge on any atom is 0.320 e. The van der Waals surface area contributed by atoms with Gasteiger partial charge in [-0.15, -0.1) is 0 Å².